The van der Waals surface area contributed by atoms with Crippen LogP contribution in [-0.4, -0.2) is 39.6 Å². The van der Waals surface area contributed by atoms with Gasteiger partial charge in [-0.3, -0.25) is 9.13 Å². The van der Waals surface area contributed by atoms with Gasteiger partial charge < -0.3 is 27.6 Å². The average Bonchev–Trinajstić information content (AvgIpc) is 3.26. The lowest BCUT2D eigenvalue weighted by atomic mass is 9.85. The van der Waals surface area contributed by atoms with Gasteiger partial charge in [0.2, 0.25) is 0 Å². The number of unbranched alkanes of at least 4 members (excludes halogenated alkanes) is 2. The minimum absolute atomic E-state index is 0.197. The Morgan fingerprint density at radius 1 is 0.452 bits per heavy atom. The van der Waals surface area contributed by atoms with E-state index in [4.69, 9.17) is 27.6 Å². The summed E-state index contributed by atoms with van der Waals surface area (Å²) in [7, 11) is -6.58. The summed E-state index contributed by atoms with van der Waals surface area (Å²) in [5, 5.41) is 4.28. The van der Waals surface area contributed by atoms with Crippen LogP contribution in [0.5, 0.6) is 11.5 Å². The van der Waals surface area contributed by atoms with Crippen LogP contribution in [0.3, 0.4) is 0 Å². The third-order valence-electron chi connectivity index (χ3n) is 11.7. The van der Waals surface area contributed by atoms with Crippen LogP contribution in [0.1, 0.15) is 118 Å². The van der Waals surface area contributed by atoms with Crippen LogP contribution in [0.2, 0.25) is 0 Å². The molecule has 5 aromatic carbocycles. The van der Waals surface area contributed by atoms with E-state index in [0.29, 0.717) is 51.5 Å². The van der Waals surface area contributed by atoms with Gasteiger partial charge in [0.15, 0.2) is 0 Å². The molecule has 338 valence electrons. The highest BCUT2D eigenvalue weighted by molar-refractivity contribution is 7.53. The molecule has 0 aliphatic heterocycles. The SMILES string of the molecule is CCCCC(CC)COc1ccc2c(-c3ccc(CP(=O)(OCC)OCC)cc3)c3cc(OCC(CC)CCCC)ccc3c(-c3ccc(CP(=O)(OCC)OCC)cc3)c2c1. The average molecular weight is 887 g/mol. The van der Waals surface area contributed by atoms with Gasteiger partial charge in [-0.15, -0.1) is 0 Å². The van der Waals surface area contributed by atoms with Gasteiger partial charge in [0, 0.05) is 0 Å². The predicted molar refractivity (Wildman–Crippen MR) is 259 cm³/mol. The van der Waals surface area contributed by atoms with Crippen molar-refractivity contribution in [3.8, 4) is 33.8 Å². The molecular weight excluding hydrogens is 815 g/mol. The summed E-state index contributed by atoms with van der Waals surface area (Å²) in [6, 6.07) is 29.6. The summed E-state index contributed by atoms with van der Waals surface area (Å²) in [5.41, 5.74) is 5.99. The van der Waals surface area contributed by atoms with Crippen molar-refractivity contribution in [2.75, 3.05) is 39.6 Å². The van der Waals surface area contributed by atoms with E-state index in [1.54, 1.807) is 0 Å². The van der Waals surface area contributed by atoms with E-state index in [2.05, 4.69) is 88.4 Å². The highest BCUT2D eigenvalue weighted by atomic mass is 31.2. The second-order valence-electron chi connectivity index (χ2n) is 16.2. The first-order chi connectivity index (χ1) is 30.1. The van der Waals surface area contributed by atoms with E-state index in [-0.39, 0.29) is 12.3 Å². The van der Waals surface area contributed by atoms with E-state index >= 15 is 0 Å². The molecule has 0 heterocycles. The van der Waals surface area contributed by atoms with Gasteiger partial charge in [-0.05, 0) is 132 Å². The van der Waals surface area contributed by atoms with E-state index < -0.39 is 15.2 Å². The van der Waals surface area contributed by atoms with Crippen molar-refractivity contribution in [2.45, 2.75) is 119 Å². The zero-order chi connectivity index (χ0) is 44.5. The van der Waals surface area contributed by atoms with E-state index in [9.17, 15) is 9.13 Å². The first kappa shape index (κ1) is 49.5. The van der Waals surface area contributed by atoms with Gasteiger partial charge in [0.1, 0.15) is 11.5 Å². The van der Waals surface area contributed by atoms with E-state index in [1.807, 2.05) is 52.0 Å². The van der Waals surface area contributed by atoms with E-state index in [0.717, 1.165) is 92.1 Å². The second kappa shape index (κ2) is 24.5. The molecule has 0 N–H and O–H groups in total. The molecule has 8 nitrogen and oxygen atoms in total. The van der Waals surface area contributed by atoms with Crippen molar-refractivity contribution in [3.63, 3.8) is 0 Å². The first-order valence-electron chi connectivity index (χ1n) is 23.3. The van der Waals surface area contributed by atoms with Crippen molar-refractivity contribution >= 4 is 36.7 Å². The molecule has 0 saturated heterocycles. The van der Waals surface area contributed by atoms with Gasteiger partial charge in [-0.25, -0.2) is 0 Å². The topological polar surface area (TPSA) is 89.5 Å². The number of benzene rings is 5. The fourth-order valence-corrected chi connectivity index (χ4v) is 11.7. The van der Waals surface area contributed by atoms with Crippen molar-refractivity contribution in [1.29, 1.82) is 0 Å². The smallest absolute Gasteiger partial charge is 0.335 e. The molecule has 0 spiro atoms. The molecule has 10 heteroatoms. The number of rotatable bonds is 28. The van der Waals surface area contributed by atoms with Gasteiger partial charge >= 0.3 is 15.2 Å². The summed E-state index contributed by atoms with van der Waals surface area (Å²) in [6.07, 6.45) is 9.55. The Morgan fingerprint density at radius 3 is 1.11 bits per heavy atom. The van der Waals surface area contributed by atoms with Gasteiger partial charge in [-0.1, -0.05) is 127 Å². The molecule has 0 saturated carbocycles. The molecule has 5 rings (SSSR count). The van der Waals surface area contributed by atoms with Crippen LogP contribution in [0.4, 0.5) is 0 Å². The fraction of sp³-hybridized carbons (Fsp3) is 0.500. The zero-order valence-corrected chi connectivity index (χ0v) is 40.5. The van der Waals surface area contributed by atoms with Crippen LogP contribution in [0.15, 0.2) is 84.9 Å². The van der Waals surface area contributed by atoms with Gasteiger partial charge in [0.25, 0.3) is 0 Å². The molecule has 2 atom stereocenters. The highest BCUT2D eigenvalue weighted by Gasteiger charge is 2.26. The van der Waals surface area contributed by atoms with Gasteiger partial charge in [0.05, 0.1) is 52.0 Å². The molecule has 0 aromatic heterocycles. The van der Waals surface area contributed by atoms with Crippen LogP contribution < -0.4 is 9.47 Å². The molecule has 2 unspecified atom stereocenters. The Morgan fingerprint density at radius 2 is 0.806 bits per heavy atom. The molecule has 5 aromatic rings. The van der Waals surface area contributed by atoms with Crippen LogP contribution >= 0.6 is 15.2 Å². The summed E-state index contributed by atoms with van der Waals surface area (Å²) in [4.78, 5) is 0. The molecule has 62 heavy (non-hydrogen) atoms. The zero-order valence-electron chi connectivity index (χ0n) is 38.7. The maximum atomic E-state index is 13.5. The maximum Gasteiger partial charge on any atom is 0.335 e. The third kappa shape index (κ3) is 13.3. The Bertz CT molecular complexity index is 2060. The van der Waals surface area contributed by atoms with Crippen LogP contribution in [-0.2, 0) is 39.5 Å². The molecule has 0 radical (unpaired) electrons. The predicted octanol–water partition coefficient (Wildman–Crippen LogP) is 16.0. The monoisotopic (exact) mass is 886 g/mol. The fourth-order valence-electron chi connectivity index (χ4n) is 8.26. The van der Waals surface area contributed by atoms with Crippen molar-refractivity contribution in [3.05, 3.63) is 96.1 Å². The molecule has 0 amide bonds. The second-order valence-corrected chi connectivity index (χ2v) is 20.3. The van der Waals surface area contributed by atoms with Crippen LogP contribution in [0, 0.1) is 11.8 Å². The molecular formula is C52H72O8P2. The lowest BCUT2D eigenvalue weighted by Crippen LogP contribution is -2.11. The minimum Gasteiger partial charge on any atom is -0.493 e. The summed E-state index contributed by atoms with van der Waals surface area (Å²) < 4.78 is 62.9. The maximum absolute atomic E-state index is 13.5. The Kier molecular flexibility index (Phi) is 19.6. The quantitative estimate of drug-likeness (QED) is 0.0362. The van der Waals surface area contributed by atoms with Crippen molar-refractivity contribution in [1.82, 2.24) is 0 Å². The molecule has 0 aliphatic carbocycles. The Labute approximate surface area is 372 Å². The standard InChI is InChI=1S/C52H72O8P2/c1-9-17-19-39(11-3)35-55-45-29-31-47-49(33-45)51(43-25-21-41(22-26-43)37-61(53,57-13-5)58-14-6)48-32-30-46(56-36-40(12-4)20-18-10-2)34-50(48)52(47)44-27-23-42(24-28-44)38-62(54,59-15-7)60-16-8/h21-34,39-40H,9-20,35-38H2,1-8H3. The number of hydrogen-bond acceptors (Lipinski definition) is 8. The Balaban J connectivity index is 1.72. The largest absolute Gasteiger partial charge is 0.493 e. The third-order valence-corrected chi connectivity index (χ3v) is 15.8. The highest BCUT2D eigenvalue weighted by Crippen LogP contribution is 2.53. The van der Waals surface area contributed by atoms with Crippen LogP contribution in [0.25, 0.3) is 43.8 Å². The van der Waals surface area contributed by atoms with Crippen molar-refractivity contribution < 1.29 is 36.7 Å². The molecule has 0 bridgehead atoms. The summed E-state index contributed by atoms with van der Waals surface area (Å²) in [6.45, 7) is 18.9. The number of ether oxygens (including phenoxy) is 2. The summed E-state index contributed by atoms with van der Waals surface area (Å²) in [5.74, 6) is 2.64. The molecule has 0 aliphatic rings. The minimum atomic E-state index is -3.29. The number of fused-ring (bicyclic) bond motifs is 2. The lowest BCUT2D eigenvalue weighted by molar-refractivity contribution is 0.218. The van der Waals surface area contributed by atoms with E-state index in [1.165, 1.54) is 25.7 Å². The van der Waals surface area contributed by atoms with Crippen molar-refractivity contribution in [2.24, 2.45) is 11.8 Å². The normalized spacial score (nSPS) is 13.2. The molecule has 0 fully saturated rings. The number of hydrogen-bond donors (Lipinski definition) is 0. The summed E-state index contributed by atoms with van der Waals surface area (Å²) >= 11 is 0. The van der Waals surface area contributed by atoms with Gasteiger partial charge in [-0.2, -0.15) is 0 Å². The lowest BCUT2D eigenvalue weighted by Gasteiger charge is -2.22. The Hall–Kier alpha value is -3.48. The first-order valence-corrected chi connectivity index (χ1v) is 26.8.